The zero-order valence-corrected chi connectivity index (χ0v) is 21.9. The Hall–Kier alpha value is -4.76. The molecule has 0 aromatic heterocycles. The molecule has 202 valence electrons. The van der Waals surface area contributed by atoms with Gasteiger partial charge in [0.2, 0.25) is 0 Å². The molecule has 0 aliphatic carbocycles. The molecule has 0 spiro atoms. The summed E-state index contributed by atoms with van der Waals surface area (Å²) in [5.41, 5.74) is 6.41. The highest BCUT2D eigenvalue weighted by Crippen LogP contribution is 2.43. The quantitative estimate of drug-likeness (QED) is 0.0979. The Morgan fingerprint density at radius 2 is 1.25 bits per heavy atom. The van der Waals surface area contributed by atoms with Crippen LogP contribution in [0, 0.1) is 0 Å². The van der Waals surface area contributed by atoms with E-state index in [0.717, 1.165) is 6.07 Å². The highest BCUT2D eigenvalue weighted by Gasteiger charge is 2.20. The molecule has 14 heteroatoms. The van der Waals surface area contributed by atoms with E-state index in [1.165, 1.54) is 36.4 Å². The fourth-order valence-corrected chi connectivity index (χ4v) is 5.44. The van der Waals surface area contributed by atoms with E-state index < -0.39 is 25.1 Å². The van der Waals surface area contributed by atoms with Crippen molar-refractivity contribution in [2.45, 2.75) is 9.79 Å². The van der Waals surface area contributed by atoms with Crippen LogP contribution in [0.5, 0.6) is 5.75 Å². The molecule has 0 amide bonds. The molecule has 40 heavy (non-hydrogen) atoms. The van der Waals surface area contributed by atoms with Crippen LogP contribution in [0.2, 0.25) is 0 Å². The number of benzene rings is 5. The van der Waals surface area contributed by atoms with Gasteiger partial charge in [-0.3, -0.25) is 9.11 Å². The predicted octanol–water partition coefficient (Wildman–Crippen LogP) is 6.61. The number of fused-ring (bicyclic) bond motifs is 2. The monoisotopic (exact) mass is 577 g/mol. The fraction of sp³-hybridized carbons (Fsp3) is 0. The van der Waals surface area contributed by atoms with Crippen LogP contribution in [0.4, 0.5) is 28.4 Å². The maximum Gasteiger partial charge on any atom is 0.297 e. The summed E-state index contributed by atoms with van der Waals surface area (Å²) < 4.78 is 66.2. The number of rotatable bonds is 6. The lowest BCUT2D eigenvalue weighted by molar-refractivity contribution is 0.481. The number of phenols is 1. The standard InChI is InChI=1S/C26H19N5O7S2/c27-24-20(29-28-17-5-3-6-18(14-17)39(33,34)35)11-9-16-10-12-21(25(32)23(16)24)30-31-22-13-8-15-4-1-2-7-19(15)26(22)40(36,37)38/h1-14,32H,27H2,(H,33,34,35)(H,36,37,38). The van der Waals surface area contributed by atoms with E-state index in [9.17, 15) is 31.0 Å². The molecular weight excluding hydrogens is 558 g/mol. The third-order valence-electron chi connectivity index (χ3n) is 5.93. The summed E-state index contributed by atoms with van der Waals surface area (Å²) in [4.78, 5) is -0.776. The molecule has 12 nitrogen and oxygen atoms in total. The Balaban J connectivity index is 1.55. The number of aromatic hydroxyl groups is 1. The van der Waals surface area contributed by atoms with E-state index in [2.05, 4.69) is 20.5 Å². The highest BCUT2D eigenvalue weighted by molar-refractivity contribution is 7.86. The molecule has 5 rings (SSSR count). The lowest BCUT2D eigenvalue weighted by Crippen LogP contribution is -1.99. The van der Waals surface area contributed by atoms with Crippen LogP contribution in [0.3, 0.4) is 0 Å². The molecular formula is C26H19N5O7S2. The van der Waals surface area contributed by atoms with Gasteiger partial charge in [0.25, 0.3) is 20.2 Å². The maximum absolute atomic E-state index is 12.2. The molecule has 0 bridgehead atoms. The average molecular weight is 578 g/mol. The number of anilines is 1. The Labute approximate surface area is 227 Å². The van der Waals surface area contributed by atoms with Crippen molar-refractivity contribution in [1.82, 2.24) is 0 Å². The smallest absolute Gasteiger partial charge is 0.297 e. The molecule has 0 radical (unpaired) electrons. The van der Waals surface area contributed by atoms with Crippen LogP contribution in [-0.2, 0) is 20.2 Å². The van der Waals surface area contributed by atoms with Gasteiger partial charge < -0.3 is 10.8 Å². The number of nitrogens with zero attached hydrogens (tertiary/aromatic N) is 4. The normalized spacial score (nSPS) is 12.7. The summed E-state index contributed by atoms with van der Waals surface area (Å²) in [6.07, 6.45) is 0. The van der Waals surface area contributed by atoms with Crippen molar-refractivity contribution in [3.8, 4) is 5.75 Å². The third kappa shape index (κ3) is 5.23. The Morgan fingerprint density at radius 1 is 0.625 bits per heavy atom. The van der Waals surface area contributed by atoms with E-state index in [-0.39, 0.29) is 49.9 Å². The third-order valence-corrected chi connectivity index (χ3v) is 7.72. The fourth-order valence-electron chi connectivity index (χ4n) is 4.08. The second-order valence-electron chi connectivity index (χ2n) is 8.51. The number of phenolic OH excluding ortho intramolecular Hbond substituents is 1. The molecule has 0 saturated carbocycles. The van der Waals surface area contributed by atoms with Gasteiger partial charge >= 0.3 is 0 Å². The second kappa shape index (κ2) is 10.1. The lowest BCUT2D eigenvalue weighted by Gasteiger charge is -2.09. The van der Waals surface area contributed by atoms with Crippen LogP contribution in [-0.4, -0.2) is 31.0 Å². The molecule has 0 heterocycles. The first-order valence-corrected chi connectivity index (χ1v) is 14.3. The van der Waals surface area contributed by atoms with Crippen LogP contribution < -0.4 is 5.73 Å². The van der Waals surface area contributed by atoms with Crippen molar-refractivity contribution >= 4 is 70.2 Å². The molecule has 0 atom stereocenters. The minimum Gasteiger partial charge on any atom is -0.505 e. The number of hydrogen-bond donors (Lipinski definition) is 4. The molecule has 5 N–H and O–H groups in total. The SMILES string of the molecule is Nc1c(N=Nc2cccc(S(=O)(=O)O)c2)ccc2ccc(N=Nc3ccc4ccccc4c3S(=O)(=O)O)c(O)c12. The van der Waals surface area contributed by atoms with Gasteiger partial charge in [-0.25, -0.2) is 0 Å². The van der Waals surface area contributed by atoms with Crippen LogP contribution >= 0.6 is 0 Å². The number of azo groups is 2. The van der Waals surface area contributed by atoms with E-state index in [4.69, 9.17) is 5.73 Å². The first kappa shape index (κ1) is 26.8. The van der Waals surface area contributed by atoms with Gasteiger partial charge in [-0.1, -0.05) is 48.5 Å². The molecule has 0 aliphatic rings. The summed E-state index contributed by atoms with van der Waals surface area (Å²) in [6.45, 7) is 0. The van der Waals surface area contributed by atoms with Gasteiger partial charge in [0.05, 0.1) is 21.7 Å². The zero-order chi connectivity index (χ0) is 28.7. The molecule has 0 aliphatic heterocycles. The largest absolute Gasteiger partial charge is 0.505 e. The summed E-state index contributed by atoms with van der Waals surface area (Å²) >= 11 is 0. The van der Waals surface area contributed by atoms with Crippen molar-refractivity contribution < 1.29 is 31.0 Å². The highest BCUT2D eigenvalue weighted by atomic mass is 32.2. The minimum absolute atomic E-state index is 0.0334. The Morgan fingerprint density at radius 3 is 1.98 bits per heavy atom. The van der Waals surface area contributed by atoms with Crippen LogP contribution in [0.15, 0.2) is 115 Å². The molecule has 0 fully saturated rings. The van der Waals surface area contributed by atoms with Crippen molar-refractivity contribution in [2.75, 3.05) is 5.73 Å². The van der Waals surface area contributed by atoms with Crippen LogP contribution in [0.25, 0.3) is 21.5 Å². The van der Waals surface area contributed by atoms with Crippen molar-refractivity contribution in [3.05, 3.63) is 84.9 Å². The minimum atomic E-state index is -4.67. The second-order valence-corrected chi connectivity index (χ2v) is 11.3. The molecule has 5 aromatic carbocycles. The molecule has 0 unspecified atom stereocenters. The first-order chi connectivity index (χ1) is 18.9. The summed E-state index contributed by atoms with van der Waals surface area (Å²) in [6, 6.07) is 21.0. The zero-order valence-electron chi connectivity index (χ0n) is 20.2. The van der Waals surface area contributed by atoms with Crippen molar-refractivity contribution in [1.29, 1.82) is 0 Å². The Kier molecular flexibility index (Phi) is 6.77. The van der Waals surface area contributed by atoms with Crippen LogP contribution in [0.1, 0.15) is 0 Å². The van der Waals surface area contributed by atoms with Gasteiger partial charge in [0.1, 0.15) is 22.0 Å². The van der Waals surface area contributed by atoms with E-state index in [1.54, 1.807) is 42.5 Å². The summed E-state index contributed by atoms with van der Waals surface area (Å²) in [5.74, 6) is -0.363. The van der Waals surface area contributed by atoms with E-state index in [0.29, 0.717) is 10.8 Å². The van der Waals surface area contributed by atoms with Crippen molar-refractivity contribution in [3.63, 3.8) is 0 Å². The van der Waals surface area contributed by atoms with Gasteiger partial charge in [-0.15, -0.1) is 15.3 Å². The number of nitrogen functional groups attached to an aromatic ring is 1. The van der Waals surface area contributed by atoms with Gasteiger partial charge in [0.15, 0.2) is 5.75 Å². The van der Waals surface area contributed by atoms with Crippen molar-refractivity contribution in [2.24, 2.45) is 20.5 Å². The van der Waals surface area contributed by atoms with E-state index >= 15 is 0 Å². The topological polar surface area (TPSA) is 204 Å². The summed E-state index contributed by atoms with van der Waals surface area (Å²) in [5, 5.41) is 28.5. The molecule has 0 saturated heterocycles. The van der Waals surface area contributed by atoms with E-state index in [1.807, 2.05) is 0 Å². The number of nitrogens with two attached hydrogens (primary N) is 1. The Bertz CT molecular complexity index is 2090. The average Bonchev–Trinajstić information content (AvgIpc) is 2.91. The maximum atomic E-state index is 12.2. The van der Waals surface area contributed by atoms with Gasteiger partial charge in [-0.2, -0.15) is 21.9 Å². The number of hydrogen-bond acceptors (Lipinski definition) is 10. The van der Waals surface area contributed by atoms with Gasteiger partial charge in [-0.05, 0) is 47.2 Å². The summed E-state index contributed by atoms with van der Waals surface area (Å²) in [7, 11) is -9.10. The first-order valence-electron chi connectivity index (χ1n) is 11.4. The lowest BCUT2D eigenvalue weighted by atomic mass is 10.1. The van der Waals surface area contributed by atoms with Gasteiger partial charge in [0, 0.05) is 5.39 Å². The molecule has 5 aromatic rings. The predicted molar refractivity (Wildman–Crippen MR) is 148 cm³/mol.